The fourth-order valence-electron chi connectivity index (χ4n) is 0. The molecule has 1 nitrogen and oxygen atoms in total. The monoisotopic (exact) mass is 293 g/mol. The van der Waals surface area contributed by atoms with Crippen LogP contribution < -0.4 is 0 Å². The van der Waals surface area contributed by atoms with E-state index >= 15 is 0 Å². The Morgan fingerprint density at radius 1 is 0.875 bits per heavy atom. The van der Waals surface area contributed by atoms with E-state index in [4.69, 9.17) is 4.79 Å². The van der Waals surface area contributed by atoms with Gasteiger partial charge in [-0.3, -0.25) is 19.9 Å². The summed E-state index contributed by atoms with van der Waals surface area (Å²) in [4.78, 5) is 7.75. The average molecular weight is 293 g/mol. The molecule has 0 aromatic carbocycles. The normalized spacial score (nSPS) is 1.50. The van der Waals surface area contributed by atoms with Crippen molar-refractivity contribution in [3.63, 3.8) is 0 Å². The molecule has 8 heavy (non-hydrogen) atoms. The van der Waals surface area contributed by atoms with Gasteiger partial charge in [-0.05, 0) is 0 Å². The second kappa shape index (κ2) is 8920. The molecule has 0 N–H and O–H groups in total. The molecule has 0 heterocycles. The summed E-state index contributed by atoms with van der Waals surface area (Å²) < 4.78 is 0. The van der Waals surface area contributed by atoms with Gasteiger partial charge in [0.2, 0.25) is 0 Å². The summed E-state index contributed by atoms with van der Waals surface area (Å²) in [6, 6.07) is 0. The maximum atomic E-state index is 7.75. The first-order valence-electron chi connectivity index (χ1n) is 1.05. The molecule has 0 bridgehead atoms. The van der Waals surface area contributed by atoms with Crippen molar-refractivity contribution >= 4 is 6.79 Å². The first kappa shape index (κ1) is 45.5. The molecule has 0 fully saturated rings. The molecule has 0 spiro atoms. The van der Waals surface area contributed by atoms with Crippen LogP contribution in [0.1, 0.15) is 0 Å². The van der Waals surface area contributed by atoms with E-state index in [0.717, 1.165) is 0 Å². The molecule has 0 unspecified atom stereocenters. The molecule has 50 valence electrons. The summed E-state index contributed by atoms with van der Waals surface area (Å²) >= 11 is 0. The van der Waals surface area contributed by atoms with Gasteiger partial charge < -0.3 is 25.4 Å². The number of carbonyl (C=O) groups excluding carboxylic acids is 1. The topological polar surface area (TPSA) is 17.1 Å². The van der Waals surface area contributed by atoms with Crippen LogP contribution in [0.3, 0.4) is 0 Å². The molecule has 0 rings (SSSR count). The van der Waals surface area contributed by atoms with Crippen LogP contribution in [0.25, 0.3) is 0 Å². The van der Waals surface area contributed by atoms with Gasteiger partial charge in [-0.1, -0.05) is 0 Å². The van der Waals surface area contributed by atoms with Gasteiger partial charge in [0.15, 0.2) is 0 Å². The van der Waals surface area contributed by atoms with Crippen molar-refractivity contribution in [3.05, 3.63) is 33.7 Å². The van der Waals surface area contributed by atoms with Gasteiger partial charge in [0, 0.05) is 0 Å². The second-order valence-corrected chi connectivity index (χ2v) is 0. The van der Waals surface area contributed by atoms with E-state index in [-0.39, 0.29) is 28.5 Å². The van der Waals surface area contributed by atoms with E-state index < -0.39 is 0 Å². The molecule has 0 saturated carbocycles. The van der Waals surface area contributed by atoms with E-state index in [1.807, 2.05) is 0 Å². The maximum absolute atomic E-state index is 7.75. The fraction of sp³-hybridized carbons (Fsp3) is 0. The van der Waals surface area contributed by atoms with E-state index in [2.05, 4.69) is 33.1 Å². The van der Waals surface area contributed by atoms with Crippen LogP contribution in [0.5, 0.6) is 0 Å². The van der Waals surface area contributed by atoms with Crippen molar-refractivity contribution in [2.75, 3.05) is 0 Å². The second-order valence-electron chi connectivity index (χ2n) is 0. The Labute approximate surface area is 66.8 Å². The van der Waals surface area contributed by atoms with E-state index in [1.165, 1.54) is 0 Å². The molecule has 0 aliphatic heterocycles. The Bertz CT molecular complexity index is 13.2. The molecule has 0 aliphatic rings. The first-order chi connectivity index (χ1) is 3.00. The van der Waals surface area contributed by atoms with Crippen molar-refractivity contribution in [1.29, 1.82) is 0 Å². The summed E-state index contributed by atoms with van der Waals surface area (Å²) in [5, 5.41) is 0. The number of hydrogen-bond donors (Lipinski definition) is 0. The molecule has 0 aromatic heterocycles. The summed E-state index contributed by atoms with van der Waals surface area (Å²) in [6.07, 6.45) is 0. The maximum Gasteiger partial charge on any atom is 4.00 e. The molecule has 0 aromatic rings. The molecule has 0 atom stereocenters. The minimum absolute atomic E-state index is 0. The van der Waals surface area contributed by atoms with Gasteiger partial charge >= 0.3 is 21.1 Å². The van der Waals surface area contributed by atoms with Gasteiger partial charge in [-0.2, -0.15) is 0 Å². The zero-order valence-corrected chi connectivity index (χ0v) is 7.14. The Kier molecular flexibility index (Phi) is 50700. The SMILES string of the molecule is [CH-]=C.[CH-]=C.[CH-]=O.[CH3-].[Pt+4]. The summed E-state index contributed by atoms with van der Waals surface area (Å²) in [6.45, 7) is 17.2. The fourth-order valence-corrected chi connectivity index (χ4v) is 0. The summed E-state index contributed by atoms with van der Waals surface area (Å²) in [5.41, 5.74) is 0. The Balaban J connectivity index is -0.00000000500. The Hall–Kier alpha value is -0.162. The predicted octanol–water partition coefficient (Wildman–Crippen LogP) is 1.38. The van der Waals surface area contributed by atoms with Crippen molar-refractivity contribution in [2.45, 2.75) is 0 Å². The zero-order chi connectivity index (χ0) is 6.00. The molecule has 0 saturated heterocycles. The molecule has 0 aliphatic carbocycles. The summed E-state index contributed by atoms with van der Waals surface area (Å²) in [7, 11) is 0. The smallest absolute Gasteiger partial charge is 0.545 e. The average Bonchev–Trinajstić information content (AvgIpc) is 1.81. The van der Waals surface area contributed by atoms with Gasteiger partial charge in [-0.15, -0.1) is 0 Å². The van der Waals surface area contributed by atoms with Crippen molar-refractivity contribution in [3.8, 4) is 0 Å². The Morgan fingerprint density at radius 2 is 0.875 bits per heavy atom. The minimum Gasteiger partial charge on any atom is -0.545 e. The quantitative estimate of drug-likeness (QED) is 0.487. The Morgan fingerprint density at radius 3 is 0.875 bits per heavy atom. The third-order valence-corrected chi connectivity index (χ3v) is 0. The van der Waals surface area contributed by atoms with Crippen molar-refractivity contribution in [1.82, 2.24) is 0 Å². The van der Waals surface area contributed by atoms with Gasteiger partial charge in [0.05, 0.1) is 0 Å². The van der Waals surface area contributed by atoms with Crippen LogP contribution in [-0.4, -0.2) is 6.79 Å². The first-order valence-corrected chi connectivity index (χ1v) is 1.05. The van der Waals surface area contributed by atoms with Crippen LogP contribution in [0.15, 0.2) is 13.2 Å². The predicted molar refractivity (Wildman–Crippen MR) is 33.0 cm³/mol. The van der Waals surface area contributed by atoms with Crippen molar-refractivity contribution in [2.24, 2.45) is 0 Å². The van der Waals surface area contributed by atoms with Gasteiger partial charge in [0.1, 0.15) is 0 Å². The van der Waals surface area contributed by atoms with Crippen LogP contribution in [0, 0.1) is 20.6 Å². The van der Waals surface area contributed by atoms with Crippen LogP contribution in [-0.2, 0) is 25.9 Å². The molecule has 0 radical (unpaired) electrons. The van der Waals surface area contributed by atoms with Gasteiger partial charge in [0.25, 0.3) is 0 Å². The minimum atomic E-state index is 0. The third kappa shape index (κ3) is 5230. The van der Waals surface area contributed by atoms with Crippen LogP contribution >= 0.6 is 0 Å². The molecule has 2 heteroatoms. The van der Waals surface area contributed by atoms with Crippen LogP contribution in [0.2, 0.25) is 0 Å². The van der Waals surface area contributed by atoms with E-state index in [9.17, 15) is 0 Å². The molecular weight excluding hydrogens is 283 g/mol. The summed E-state index contributed by atoms with van der Waals surface area (Å²) in [5.74, 6) is 0. The zero-order valence-electron chi connectivity index (χ0n) is 4.87. The third-order valence-electron chi connectivity index (χ3n) is 0. The van der Waals surface area contributed by atoms with E-state index in [1.54, 1.807) is 0 Å². The van der Waals surface area contributed by atoms with Crippen LogP contribution in [0.4, 0.5) is 0 Å². The number of rotatable bonds is 0. The molecular formula is C6H10OPt. The van der Waals surface area contributed by atoms with Crippen molar-refractivity contribution < 1.29 is 25.9 Å². The molecule has 0 amide bonds. The van der Waals surface area contributed by atoms with E-state index in [0.29, 0.717) is 0 Å². The largest absolute Gasteiger partial charge is 4.00 e. The standard InChI is InChI=1S/2C2H3.CHO.CH3.Pt/c3*1-2;;/h2*1H,2H2;1H;1H3;/q4*-1;+4. The number of hydrogen-bond acceptors (Lipinski definition) is 1. The van der Waals surface area contributed by atoms with Gasteiger partial charge in [-0.25, -0.2) is 0 Å².